The van der Waals surface area contributed by atoms with Crippen molar-refractivity contribution in [2.24, 2.45) is 16.5 Å². The van der Waals surface area contributed by atoms with Crippen LogP contribution in [0.3, 0.4) is 0 Å². The number of hydrogen-bond donors (Lipinski definition) is 3. The van der Waals surface area contributed by atoms with Gasteiger partial charge in [-0.25, -0.2) is 4.99 Å². The third kappa shape index (κ3) is 6.33. The third-order valence-electron chi connectivity index (χ3n) is 4.37. The Morgan fingerprint density at radius 1 is 1.07 bits per heavy atom. The molecule has 0 heterocycles. The van der Waals surface area contributed by atoms with Crippen molar-refractivity contribution in [2.45, 2.75) is 45.8 Å². The highest BCUT2D eigenvalue weighted by Gasteiger charge is 2.16. The van der Waals surface area contributed by atoms with Gasteiger partial charge in [-0.2, -0.15) is 0 Å². The average Bonchev–Trinajstić information content (AvgIpc) is 2.66. The van der Waals surface area contributed by atoms with Crippen molar-refractivity contribution in [3.63, 3.8) is 0 Å². The van der Waals surface area contributed by atoms with Crippen molar-refractivity contribution in [2.75, 3.05) is 0 Å². The summed E-state index contributed by atoms with van der Waals surface area (Å²) in [6.45, 7) is 6.40. The predicted octanol–water partition coefficient (Wildman–Crippen LogP) is 3.19. The Balaban J connectivity index is 1.91. The standard InChI is InChI=1S/C21H28N4O2/c1-4-14(2)24-20(26)15(3)17-7-11-19(12-8-17)27-13-16-5-9-18(10-6-16)25-21(22)23/h5-12,14-15H,4,13H2,1-3H3,(H,24,26)(H4,22,23,25). The number of benzene rings is 2. The molecule has 2 unspecified atom stereocenters. The summed E-state index contributed by atoms with van der Waals surface area (Å²) in [6, 6.07) is 15.3. The molecule has 0 aromatic heterocycles. The first kappa shape index (κ1) is 20.3. The van der Waals surface area contributed by atoms with Crippen molar-refractivity contribution in [3.05, 3.63) is 59.7 Å². The van der Waals surface area contributed by atoms with Crippen LogP contribution in [-0.2, 0) is 11.4 Å². The molecule has 2 rings (SSSR count). The van der Waals surface area contributed by atoms with Crippen molar-refractivity contribution < 1.29 is 9.53 Å². The Hall–Kier alpha value is -3.02. The Labute approximate surface area is 160 Å². The highest BCUT2D eigenvalue weighted by atomic mass is 16.5. The van der Waals surface area contributed by atoms with E-state index in [0.717, 1.165) is 23.3 Å². The lowest BCUT2D eigenvalue weighted by atomic mass is 10.00. The van der Waals surface area contributed by atoms with Crippen LogP contribution in [0.1, 0.15) is 44.2 Å². The Kier molecular flexibility index (Phi) is 7.23. The van der Waals surface area contributed by atoms with E-state index in [-0.39, 0.29) is 23.8 Å². The molecule has 2 aromatic rings. The molecule has 0 aliphatic heterocycles. The van der Waals surface area contributed by atoms with Gasteiger partial charge in [-0.1, -0.05) is 31.2 Å². The van der Waals surface area contributed by atoms with Crippen LogP contribution < -0.4 is 21.5 Å². The maximum absolute atomic E-state index is 12.2. The van der Waals surface area contributed by atoms with Gasteiger partial charge in [0, 0.05) is 6.04 Å². The fourth-order valence-electron chi connectivity index (χ4n) is 2.46. The summed E-state index contributed by atoms with van der Waals surface area (Å²) >= 11 is 0. The summed E-state index contributed by atoms with van der Waals surface area (Å²) in [5.41, 5.74) is 13.4. The van der Waals surface area contributed by atoms with Crippen molar-refractivity contribution in [3.8, 4) is 5.75 Å². The minimum atomic E-state index is -0.198. The molecule has 144 valence electrons. The SMILES string of the molecule is CCC(C)NC(=O)C(C)c1ccc(OCc2ccc(N=C(N)N)cc2)cc1. The van der Waals surface area contributed by atoms with Crippen molar-refractivity contribution in [1.29, 1.82) is 0 Å². The summed E-state index contributed by atoms with van der Waals surface area (Å²) in [6.07, 6.45) is 0.915. The molecule has 0 aliphatic carbocycles. The topological polar surface area (TPSA) is 103 Å². The van der Waals surface area contributed by atoms with E-state index in [0.29, 0.717) is 12.3 Å². The predicted molar refractivity (Wildman–Crippen MR) is 109 cm³/mol. The first-order valence-electron chi connectivity index (χ1n) is 9.10. The molecule has 0 saturated heterocycles. The van der Waals surface area contributed by atoms with Crippen LogP contribution in [0, 0.1) is 0 Å². The fourth-order valence-corrected chi connectivity index (χ4v) is 2.46. The molecule has 5 N–H and O–H groups in total. The first-order valence-corrected chi connectivity index (χ1v) is 9.10. The zero-order chi connectivity index (χ0) is 19.8. The van der Waals surface area contributed by atoms with Crippen molar-refractivity contribution >= 4 is 17.6 Å². The fraction of sp³-hybridized carbons (Fsp3) is 0.333. The normalized spacial score (nSPS) is 12.7. The van der Waals surface area contributed by atoms with Crippen LogP contribution in [0.4, 0.5) is 5.69 Å². The van der Waals surface area contributed by atoms with Gasteiger partial charge in [0.2, 0.25) is 5.91 Å². The monoisotopic (exact) mass is 368 g/mol. The van der Waals surface area contributed by atoms with E-state index in [9.17, 15) is 4.79 Å². The lowest BCUT2D eigenvalue weighted by molar-refractivity contribution is -0.122. The summed E-state index contributed by atoms with van der Waals surface area (Å²) in [5.74, 6) is 0.628. The van der Waals surface area contributed by atoms with Crippen LogP contribution >= 0.6 is 0 Å². The van der Waals surface area contributed by atoms with Gasteiger partial charge in [0.05, 0.1) is 11.6 Å². The smallest absolute Gasteiger partial charge is 0.227 e. The van der Waals surface area contributed by atoms with Gasteiger partial charge in [-0.3, -0.25) is 4.79 Å². The summed E-state index contributed by atoms with van der Waals surface area (Å²) in [7, 11) is 0. The number of carbonyl (C=O) groups is 1. The van der Waals surface area contributed by atoms with E-state index in [2.05, 4.69) is 17.2 Å². The number of ether oxygens (including phenoxy) is 1. The minimum Gasteiger partial charge on any atom is -0.489 e. The molecule has 27 heavy (non-hydrogen) atoms. The largest absolute Gasteiger partial charge is 0.489 e. The van der Waals surface area contributed by atoms with Crippen LogP contribution in [0.2, 0.25) is 0 Å². The Morgan fingerprint density at radius 2 is 1.70 bits per heavy atom. The molecule has 0 saturated carbocycles. The zero-order valence-electron chi connectivity index (χ0n) is 16.1. The van der Waals surface area contributed by atoms with E-state index >= 15 is 0 Å². The highest BCUT2D eigenvalue weighted by Crippen LogP contribution is 2.21. The summed E-state index contributed by atoms with van der Waals surface area (Å²) in [4.78, 5) is 16.2. The molecule has 2 atom stereocenters. The second-order valence-corrected chi connectivity index (χ2v) is 6.60. The maximum Gasteiger partial charge on any atom is 0.227 e. The molecule has 6 heteroatoms. The summed E-state index contributed by atoms with van der Waals surface area (Å²) in [5, 5.41) is 3.01. The number of rotatable bonds is 8. The minimum absolute atomic E-state index is 0.0335. The van der Waals surface area contributed by atoms with E-state index in [1.807, 2.05) is 62.4 Å². The molecule has 0 aliphatic rings. The Morgan fingerprint density at radius 3 is 2.26 bits per heavy atom. The second-order valence-electron chi connectivity index (χ2n) is 6.60. The molecular weight excluding hydrogens is 340 g/mol. The molecule has 0 fully saturated rings. The zero-order valence-corrected chi connectivity index (χ0v) is 16.1. The van der Waals surface area contributed by atoms with E-state index < -0.39 is 0 Å². The van der Waals surface area contributed by atoms with Gasteiger partial charge in [-0.05, 0) is 55.7 Å². The van der Waals surface area contributed by atoms with Crippen LogP contribution in [-0.4, -0.2) is 17.9 Å². The Bertz CT molecular complexity index is 766. The van der Waals surface area contributed by atoms with E-state index in [1.54, 1.807) is 0 Å². The molecule has 0 radical (unpaired) electrons. The lowest BCUT2D eigenvalue weighted by Crippen LogP contribution is -2.35. The number of nitrogens with zero attached hydrogens (tertiary/aromatic N) is 1. The number of hydrogen-bond acceptors (Lipinski definition) is 3. The first-order chi connectivity index (χ1) is 12.9. The molecule has 2 aromatic carbocycles. The van der Waals surface area contributed by atoms with Crippen LogP contribution in [0.5, 0.6) is 5.75 Å². The van der Waals surface area contributed by atoms with Gasteiger partial charge >= 0.3 is 0 Å². The molecule has 0 spiro atoms. The van der Waals surface area contributed by atoms with E-state index in [1.165, 1.54) is 0 Å². The number of nitrogens with one attached hydrogen (secondary N) is 1. The third-order valence-corrected chi connectivity index (χ3v) is 4.37. The number of aliphatic imine (C=N–C) groups is 1. The van der Waals surface area contributed by atoms with Crippen LogP contribution in [0.25, 0.3) is 0 Å². The van der Waals surface area contributed by atoms with Gasteiger partial charge in [0.1, 0.15) is 12.4 Å². The molecule has 6 nitrogen and oxygen atoms in total. The molecule has 1 amide bonds. The van der Waals surface area contributed by atoms with Gasteiger partial charge < -0.3 is 21.5 Å². The number of nitrogens with two attached hydrogens (primary N) is 2. The van der Waals surface area contributed by atoms with Gasteiger partial charge in [-0.15, -0.1) is 0 Å². The lowest BCUT2D eigenvalue weighted by Gasteiger charge is -2.17. The van der Waals surface area contributed by atoms with Gasteiger partial charge in [0.25, 0.3) is 0 Å². The van der Waals surface area contributed by atoms with Gasteiger partial charge in [0.15, 0.2) is 5.96 Å². The average molecular weight is 368 g/mol. The quantitative estimate of drug-likeness (QED) is 0.492. The molecule has 0 bridgehead atoms. The molecular formula is C21H28N4O2. The number of carbonyl (C=O) groups excluding carboxylic acids is 1. The highest BCUT2D eigenvalue weighted by molar-refractivity contribution is 5.83. The van der Waals surface area contributed by atoms with E-state index in [4.69, 9.17) is 16.2 Å². The maximum atomic E-state index is 12.2. The van der Waals surface area contributed by atoms with Crippen LogP contribution in [0.15, 0.2) is 53.5 Å². The van der Waals surface area contributed by atoms with Crippen molar-refractivity contribution in [1.82, 2.24) is 5.32 Å². The summed E-state index contributed by atoms with van der Waals surface area (Å²) < 4.78 is 5.80. The number of amides is 1. The number of guanidine groups is 1. The second kappa shape index (κ2) is 9.62.